The van der Waals surface area contributed by atoms with Gasteiger partial charge < -0.3 is 5.32 Å². The Morgan fingerprint density at radius 3 is 2.88 bits per heavy atom. The first-order chi connectivity index (χ1) is 8.15. The van der Waals surface area contributed by atoms with Gasteiger partial charge in [0, 0.05) is 6.04 Å². The van der Waals surface area contributed by atoms with E-state index in [9.17, 15) is 4.79 Å². The first-order valence-electron chi connectivity index (χ1n) is 6.48. The van der Waals surface area contributed by atoms with E-state index in [1.165, 1.54) is 24.0 Å². The fourth-order valence-electron chi connectivity index (χ4n) is 2.44. The lowest BCUT2D eigenvalue weighted by molar-refractivity contribution is -0.124. The molecule has 0 aliphatic heterocycles. The summed E-state index contributed by atoms with van der Waals surface area (Å²) >= 11 is 0. The zero-order valence-corrected chi connectivity index (χ0v) is 10.7. The summed E-state index contributed by atoms with van der Waals surface area (Å²) in [5, 5.41) is 3.14. The predicted octanol–water partition coefficient (Wildman–Crippen LogP) is 3.12. The van der Waals surface area contributed by atoms with E-state index >= 15 is 0 Å². The highest BCUT2D eigenvalue weighted by Crippen LogP contribution is 2.20. The number of carbonyl (C=O) groups is 1. The van der Waals surface area contributed by atoms with Crippen molar-refractivity contribution in [2.75, 3.05) is 0 Å². The van der Waals surface area contributed by atoms with Gasteiger partial charge in [0.15, 0.2) is 0 Å². The van der Waals surface area contributed by atoms with E-state index in [1.54, 1.807) is 0 Å². The Morgan fingerprint density at radius 1 is 1.41 bits per heavy atom. The van der Waals surface area contributed by atoms with Gasteiger partial charge in [0.05, 0.1) is 5.92 Å². The van der Waals surface area contributed by atoms with Gasteiger partial charge in [-0.3, -0.25) is 4.79 Å². The van der Waals surface area contributed by atoms with Crippen LogP contribution >= 0.6 is 0 Å². The maximum atomic E-state index is 12.1. The minimum Gasteiger partial charge on any atom is -0.349 e. The molecule has 0 spiro atoms. The predicted molar refractivity (Wildman–Crippen MR) is 70.5 cm³/mol. The molecular weight excluding hydrogens is 210 g/mol. The minimum absolute atomic E-state index is 0.0225. The second-order valence-corrected chi connectivity index (χ2v) is 5.17. The molecule has 2 atom stereocenters. The molecule has 0 aromatic heterocycles. The summed E-state index contributed by atoms with van der Waals surface area (Å²) in [6.45, 7) is 4.21. The highest BCUT2D eigenvalue weighted by Gasteiger charge is 2.20. The summed E-state index contributed by atoms with van der Waals surface area (Å²) < 4.78 is 0. The number of rotatable bonds is 2. The van der Waals surface area contributed by atoms with Crippen LogP contribution in [0.2, 0.25) is 0 Å². The Balaban J connectivity index is 1.90. The van der Waals surface area contributed by atoms with Crippen molar-refractivity contribution >= 4 is 5.91 Å². The smallest absolute Gasteiger partial charge is 0.227 e. The van der Waals surface area contributed by atoms with Crippen LogP contribution in [0.4, 0.5) is 0 Å². The molecule has 2 nitrogen and oxygen atoms in total. The third-order valence-electron chi connectivity index (χ3n) is 3.52. The zero-order valence-electron chi connectivity index (χ0n) is 10.7. The number of amides is 1. The Bertz CT molecular complexity index is 390. The molecule has 0 aromatic rings. The third-order valence-corrected chi connectivity index (χ3v) is 3.52. The lowest BCUT2D eigenvalue weighted by atomic mass is 9.94. The van der Waals surface area contributed by atoms with E-state index in [2.05, 4.69) is 31.3 Å². The molecule has 92 valence electrons. The lowest BCUT2D eigenvalue weighted by Gasteiger charge is -2.23. The molecule has 2 aliphatic carbocycles. The lowest BCUT2D eigenvalue weighted by Crippen LogP contribution is -2.38. The second kappa shape index (κ2) is 5.35. The van der Waals surface area contributed by atoms with Crippen LogP contribution < -0.4 is 5.32 Å². The Kier molecular flexibility index (Phi) is 3.82. The number of nitrogens with one attached hydrogen (secondary N) is 1. The molecule has 0 saturated heterocycles. The molecule has 0 bridgehead atoms. The first kappa shape index (κ1) is 12.2. The largest absolute Gasteiger partial charge is 0.349 e. The van der Waals surface area contributed by atoms with Crippen molar-refractivity contribution in [3.63, 3.8) is 0 Å². The number of carbonyl (C=O) groups excluding carboxylic acids is 1. The van der Waals surface area contributed by atoms with Crippen molar-refractivity contribution in [2.45, 2.75) is 45.6 Å². The van der Waals surface area contributed by atoms with Crippen molar-refractivity contribution in [3.8, 4) is 0 Å². The van der Waals surface area contributed by atoms with Crippen LogP contribution in [0.25, 0.3) is 0 Å². The van der Waals surface area contributed by atoms with Crippen molar-refractivity contribution < 1.29 is 4.79 Å². The van der Waals surface area contributed by atoms with Gasteiger partial charge in [-0.15, -0.1) is 0 Å². The average molecular weight is 231 g/mol. The minimum atomic E-state index is 0.0225. The fraction of sp³-hybridized carbons (Fsp3) is 0.533. The van der Waals surface area contributed by atoms with Crippen LogP contribution in [0.5, 0.6) is 0 Å². The molecule has 0 saturated carbocycles. The second-order valence-electron chi connectivity index (χ2n) is 5.17. The molecule has 1 amide bonds. The van der Waals surface area contributed by atoms with Gasteiger partial charge in [0.2, 0.25) is 5.91 Å². The third kappa shape index (κ3) is 3.32. The van der Waals surface area contributed by atoms with Crippen LogP contribution in [-0.4, -0.2) is 11.9 Å². The number of hydrogen-bond donors (Lipinski definition) is 1. The maximum absolute atomic E-state index is 12.1. The quantitative estimate of drug-likeness (QED) is 0.727. The fourth-order valence-corrected chi connectivity index (χ4v) is 2.44. The summed E-state index contributed by atoms with van der Waals surface area (Å²) in [7, 11) is 0. The molecule has 0 heterocycles. The zero-order chi connectivity index (χ0) is 12.3. The van der Waals surface area contributed by atoms with Crippen LogP contribution in [0.15, 0.2) is 35.5 Å². The highest BCUT2D eigenvalue weighted by molar-refractivity contribution is 5.81. The Morgan fingerprint density at radius 2 is 2.24 bits per heavy atom. The first-order valence-corrected chi connectivity index (χ1v) is 6.48. The standard InChI is InChI=1S/C15H21NO/c1-11-6-8-13(9-7-11)15(17)16-14-5-3-4-12(2)10-14/h6-8,10,13-14H,3-5,9H2,1-2H3,(H,16,17). The topological polar surface area (TPSA) is 29.1 Å². The van der Waals surface area contributed by atoms with E-state index in [0.29, 0.717) is 0 Å². The Hall–Kier alpha value is -1.31. The maximum Gasteiger partial charge on any atom is 0.227 e. The van der Waals surface area contributed by atoms with Gasteiger partial charge >= 0.3 is 0 Å². The summed E-state index contributed by atoms with van der Waals surface area (Å²) in [5.41, 5.74) is 2.65. The average Bonchev–Trinajstić information content (AvgIpc) is 2.29. The van der Waals surface area contributed by atoms with Gasteiger partial charge in [-0.1, -0.05) is 35.5 Å². The van der Waals surface area contributed by atoms with E-state index in [4.69, 9.17) is 0 Å². The molecule has 1 N–H and O–H groups in total. The van der Waals surface area contributed by atoms with Gasteiger partial charge in [-0.05, 0) is 39.5 Å². The normalized spacial score (nSPS) is 28.4. The summed E-state index contributed by atoms with van der Waals surface area (Å²) in [4.78, 5) is 12.1. The molecular formula is C15H21NO. The van der Waals surface area contributed by atoms with E-state index in [1.807, 2.05) is 12.2 Å². The van der Waals surface area contributed by atoms with Gasteiger partial charge in [0.25, 0.3) is 0 Å². The van der Waals surface area contributed by atoms with E-state index in [-0.39, 0.29) is 17.9 Å². The molecule has 2 rings (SSSR count). The van der Waals surface area contributed by atoms with Crippen LogP contribution in [-0.2, 0) is 4.79 Å². The Labute approximate surface area is 103 Å². The summed E-state index contributed by atoms with van der Waals surface area (Å²) in [6, 6.07) is 0.247. The van der Waals surface area contributed by atoms with E-state index in [0.717, 1.165) is 12.8 Å². The van der Waals surface area contributed by atoms with Crippen LogP contribution in [0, 0.1) is 5.92 Å². The molecule has 2 unspecified atom stereocenters. The van der Waals surface area contributed by atoms with Gasteiger partial charge in [-0.25, -0.2) is 0 Å². The number of hydrogen-bond acceptors (Lipinski definition) is 1. The molecule has 2 heteroatoms. The molecule has 0 radical (unpaired) electrons. The van der Waals surface area contributed by atoms with Crippen molar-refractivity contribution in [1.82, 2.24) is 5.32 Å². The van der Waals surface area contributed by atoms with Crippen molar-refractivity contribution in [2.24, 2.45) is 5.92 Å². The SMILES string of the molecule is CC1=CCC(C(=O)NC2C=C(C)CCC2)C=C1. The summed E-state index contributed by atoms with van der Waals surface area (Å²) in [6.07, 6.45) is 12.7. The monoisotopic (exact) mass is 231 g/mol. The number of allylic oxidation sites excluding steroid dienone is 4. The molecule has 0 aromatic carbocycles. The molecule has 17 heavy (non-hydrogen) atoms. The van der Waals surface area contributed by atoms with Crippen LogP contribution in [0.3, 0.4) is 0 Å². The van der Waals surface area contributed by atoms with Crippen molar-refractivity contribution in [1.29, 1.82) is 0 Å². The van der Waals surface area contributed by atoms with Crippen molar-refractivity contribution in [3.05, 3.63) is 35.5 Å². The van der Waals surface area contributed by atoms with E-state index < -0.39 is 0 Å². The molecule has 0 fully saturated rings. The molecule has 2 aliphatic rings. The highest BCUT2D eigenvalue weighted by atomic mass is 16.1. The van der Waals surface area contributed by atoms with Gasteiger partial charge in [-0.2, -0.15) is 0 Å². The van der Waals surface area contributed by atoms with Crippen LogP contribution in [0.1, 0.15) is 39.5 Å². The summed E-state index contributed by atoms with van der Waals surface area (Å²) in [5.74, 6) is 0.190. The van der Waals surface area contributed by atoms with Gasteiger partial charge in [0.1, 0.15) is 0 Å².